The van der Waals surface area contributed by atoms with E-state index in [9.17, 15) is 4.21 Å². The Morgan fingerprint density at radius 1 is 1.15 bits per heavy atom. The smallest absolute Gasteiger partial charge is 0.227 e. The van der Waals surface area contributed by atoms with Gasteiger partial charge in [0.05, 0.1) is 16.5 Å². The Bertz CT molecular complexity index is 672. The fourth-order valence-electron chi connectivity index (χ4n) is 4.40. The zero-order valence-electron chi connectivity index (χ0n) is 16.4. The number of hydrogen-bond donors (Lipinski definition) is 1. The monoisotopic (exact) mass is 392 g/mol. The van der Waals surface area contributed by atoms with Gasteiger partial charge in [0.15, 0.2) is 0 Å². The molecule has 2 fully saturated rings. The molecule has 1 atom stereocenters. The van der Waals surface area contributed by atoms with Crippen molar-refractivity contribution in [2.24, 2.45) is 5.92 Å². The second-order valence-corrected chi connectivity index (χ2v) is 9.70. The molecule has 0 amide bonds. The van der Waals surface area contributed by atoms with Crippen molar-refractivity contribution in [3.05, 3.63) is 5.69 Å². The molecule has 3 heterocycles. The van der Waals surface area contributed by atoms with Crippen LogP contribution in [0.1, 0.15) is 57.1 Å². The highest BCUT2D eigenvalue weighted by molar-refractivity contribution is 7.85. The van der Waals surface area contributed by atoms with Gasteiger partial charge in [-0.2, -0.15) is 4.98 Å². The third-order valence-corrected chi connectivity index (χ3v) is 7.64. The molecule has 1 aromatic heterocycles. The van der Waals surface area contributed by atoms with E-state index in [1.165, 1.54) is 32.1 Å². The van der Waals surface area contributed by atoms with Gasteiger partial charge in [0.25, 0.3) is 0 Å². The van der Waals surface area contributed by atoms with Gasteiger partial charge in [-0.15, -0.1) is 0 Å². The summed E-state index contributed by atoms with van der Waals surface area (Å²) in [5.41, 5.74) is 0.981. The van der Waals surface area contributed by atoms with E-state index < -0.39 is 10.8 Å². The summed E-state index contributed by atoms with van der Waals surface area (Å²) in [6, 6.07) is 0.454. The van der Waals surface area contributed by atoms with E-state index in [0.717, 1.165) is 73.7 Å². The largest absolute Gasteiger partial charge is 0.381 e. The molecule has 1 saturated heterocycles. The standard InChI is InChI=1S/C20H32N4O2S/c1-24(11-7-15-8-12-26-13-9-15)20-22-17-10-14-27(25)18(17)19(23-20)21-16-5-3-2-4-6-16/h15-16H,2-14H2,1H3,(H,21,22,23)/t27-/m1/s1. The Kier molecular flexibility index (Phi) is 6.28. The second-order valence-electron chi connectivity index (χ2n) is 8.19. The van der Waals surface area contributed by atoms with Crippen LogP contribution in [-0.4, -0.2) is 52.8 Å². The minimum absolute atomic E-state index is 0.454. The zero-order chi connectivity index (χ0) is 18.6. The fourth-order valence-corrected chi connectivity index (χ4v) is 5.72. The molecule has 27 heavy (non-hydrogen) atoms. The van der Waals surface area contributed by atoms with Crippen LogP contribution in [0.5, 0.6) is 0 Å². The van der Waals surface area contributed by atoms with Crippen LogP contribution in [0, 0.1) is 5.92 Å². The molecular formula is C20H32N4O2S. The summed E-state index contributed by atoms with van der Waals surface area (Å²) in [6.45, 7) is 2.74. The molecule has 1 N–H and O–H groups in total. The molecule has 0 unspecified atom stereocenters. The summed E-state index contributed by atoms with van der Waals surface area (Å²) in [4.78, 5) is 12.6. The van der Waals surface area contributed by atoms with E-state index in [1.54, 1.807) is 0 Å². The molecular weight excluding hydrogens is 360 g/mol. The lowest BCUT2D eigenvalue weighted by Crippen LogP contribution is -2.27. The maximum Gasteiger partial charge on any atom is 0.227 e. The van der Waals surface area contributed by atoms with E-state index in [4.69, 9.17) is 14.7 Å². The average Bonchev–Trinajstić information content (AvgIpc) is 3.09. The SMILES string of the molecule is CN(CCC1CCOCC1)c1nc2c(c(NC3CCCCC3)n1)[S@](=O)CC2. The highest BCUT2D eigenvalue weighted by Crippen LogP contribution is 2.32. The van der Waals surface area contributed by atoms with Gasteiger partial charge in [0, 0.05) is 45.0 Å². The first kappa shape index (κ1) is 19.1. The molecule has 6 nitrogen and oxygen atoms in total. The van der Waals surface area contributed by atoms with Crippen LogP contribution in [-0.2, 0) is 22.0 Å². The van der Waals surface area contributed by atoms with Crippen molar-refractivity contribution >= 4 is 22.6 Å². The van der Waals surface area contributed by atoms with E-state index in [0.29, 0.717) is 11.8 Å². The minimum atomic E-state index is -0.963. The van der Waals surface area contributed by atoms with Gasteiger partial charge in [0.1, 0.15) is 10.7 Å². The van der Waals surface area contributed by atoms with Crippen molar-refractivity contribution in [1.82, 2.24) is 9.97 Å². The lowest BCUT2D eigenvalue weighted by Gasteiger charge is -2.27. The number of ether oxygens (including phenoxy) is 1. The molecule has 1 saturated carbocycles. The number of nitrogens with zero attached hydrogens (tertiary/aromatic N) is 3. The number of rotatable bonds is 6. The number of aromatic nitrogens is 2. The first-order chi connectivity index (χ1) is 13.2. The van der Waals surface area contributed by atoms with Gasteiger partial charge in [-0.25, -0.2) is 4.98 Å². The van der Waals surface area contributed by atoms with Crippen molar-refractivity contribution in [2.75, 3.05) is 42.8 Å². The first-order valence-corrected chi connectivity index (χ1v) is 11.9. The van der Waals surface area contributed by atoms with Gasteiger partial charge < -0.3 is 15.0 Å². The van der Waals surface area contributed by atoms with E-state index in [1.807, 2.05) is 0 Å². The van der Waals surface area contributed by atoms with Crippen molar-refractivity contribution in [3.8, 4) is 0 Å². The quantitative estimate of drug-likeness (QED) is 0.802. The molecule has 0 spiro atoms. The van der Waals surface area contributed by atoms with E-state index >= 15 is 0 Å². The summed E-state index contributed by atoms with van der Waals surface area (Å²) in [7, 11) is 1.12. The molecule has 150 valence electrons. The van der Waals surface area contributed by atoms with E-state index in [2.05, 4.69) is 17.3 Å². The summed E-state index contributed by atoms with van der Waals surface area (Å²) in [5, 5.41) is 3.63. The van der Waals surface area contributed by atoms with Crippen LogP contribution in [0.25, 0.3) is 0 Å². The van der Waals surface area contributed by atoms with Gasteiger partial charge in [-0.3, -0.25) is 4.21 Å². The van der Waals surface area contributed by atoms with E-state index in [-0.39, 0.29) is 0 Å². The molecule has 0 aromatic carbocycles. The zero-order valence-corrected chi connectivity index (χ0v) is 17.2. The summed E-state index contributed by atoms with van der Waals surface area (Å²) in [5.74, 6) is 3.02. The minimum Gasteiger partial charge on any atom is -0.381 e. The van der Waals surface area contributed by atoms with Crippen LogP contribution < -0.4 is 10.2 Å². The highest BCUT2D eigenvalue weighted by Gasteiger charge is 2.28. The van der Waals surface area contributed by atoms with Crippen LogP contribution in [0.2, 0.25) is 0 Å². The number of hydrogen-bond acceptors (Lipinski definition) is 6. The first-order valence-electron chi connectivity index (χ1n) is 10.6. The molecule has 1 aromatic rings. The Morgan fingerprint density at radius 3 is 2.70 bits per heavy atom. The molecule has 2 aliphatic heterocycles. The number of aryl methyl sites for hydroxylation is 1. The summed E-state index contributed by atoms with van der Waals surface area (Å²) >= 11 is 0. The molecule has 4 rings (SSSR count). The van der Waals surface area contributed by atoms with Crippen LogP contribution in [0.4, 0.5) is 11.8 Å². The van der Waals surface area contributed by atoms with Crippen LogP contribution >= 0.6 is 0 Å². The van der Waals surface area contributed by atoms with Gasteiger partial charge in [-0.1, -0.05) is 19.3 Å². The Labute approximate surface area is 164 Å². The van der Waals surface area contributed by atoms with Crippen LogP contribution in [0.3, 0.4) is 0 Å². The third-order valence-electron chi connectivity index (χ3n) is 6.18. The molecule has 7 heteroatoms. The number of fused-ring (bicyclic) bond motifs is 1. The number of anilines is 2. The molecule has 0 bridgehead atoms. The average molecular weight is 393 g/mol. The van der Waals surface area contributed by atoms with Gasteiger partial charge in [0.2, 0.25) is 5.95 Å². The lowest BCUT2D eigenvalue weighted by atomic mass is 9.95. The predicted octanol–water partition coefficient (Wildman–Crippen LogP) is 3.14. The summed E-state index contributed by atoms with van der Waals surface area (Å²) in [6.07, 6.45) is 10.5. The molecule has 1 aliphatic carbocycles. The highest BCUT2D eigenvalue weighted by atomic mass is 32.2. The third kappa shape index (κ3) is 4.62. The Balaban J connectivity index is 1.48. The molecule has 0 radical (unpaired) electrons. The van der Waals surface area contributed by atoms with Gasteiger partial charge in [-0.05, 0) is 38.0 Å². The molecule has 3 aliphatic rings. The summed E-state index contributed by atoms with van der Waals surface area (Å²) < 4.78 is 18.0. The van der Waals surface area contributed by atoms with Crippen molar-refractivity contribution in [1.29, 1.82) is 0 Å². The second kappa shape index (κ2) is 8.86. The number of nitrogens with one attached hydrogen (secondary N) is 1. The van der Waals surface area contributed by atoms with Crippen LogP contribution in [0.15, 0.2) is 4.90 Å². The maximum atomic E-state index is 12.5. The topological polar surface area (TPSA) is 67.3 Å². The van der Waals surface area contributed by atoms with Gasteiger partial charge >= 0.3 is 0 Å². The Morgan fingerprint density at radius 2 is 1.93 bits per heavy atom. The Hall–Kier alpha value is -1.21. The predicted molar refractivity (Wildman–Crippen MR) is 109 cm³/mol. The van der Waals surface area contributed by atoms with Crippen molar-refractivity contribution < 1.29 is 8.95 Å². The fraction of sp³-hybridized carbons (Fsp3) is 0.800. The van der Waals surface area contributed by atoms with Crippen molar-refractivity contribution in [2.45, 2.75) is 68.7 Å². The maximum absolute atomic E-state index is 12.5. The van der Waals surface area contributed by atoms with Crippen molar-refractivity contribution in [3.63, 3.8) is 0 Å². The lowest BCUT2D eigenvalue weighted by molar-refractivity contribution is 0.0645. The normalized spacial score (nSPS) is 24.0.